The van der Waals surface area contributed by atoms with E-state index in [9.17, 15) is 9.59 Å². The van der Waals surface area contributed by atoms with E-state index in [1.54, 1.807) is 0 Å². The van der Waals surface area contributed by atoms with E-state index in [1.807, 2.05) is 24.3 Å². The molecule has 1 atom stereocenters. The molecule has 106 valence electrons. The van der Waals surface area contributed by atoms with E-state index < -0.39 is 17.9 Å². The van der Waals surface area contributed by atoms with Crippen LogP contribution in [0.25, 0.3) is 0 Å². The van der Waals surface area contributed by atoms with E-state index in [2.05, 4.69) is 10.8 Å². The molecule has 0 saturated carbocycles. The average Bonchev–Trinajstić information content (AvgIpc) is 2.47. The third kappa shape index (κ3) is 4.73. The summed E-state index contributed by atoms with van der Waals surface area (Å²) in [5, 5.41) is 8.60. The molecule has 0 saturated heterocycles. The van der Waals surface area contributed by atoms with E-state index >= 15 is 0 Å². The van der Waals surface area contributed by atoms with Gasteiger partial charge in [0.1, 0.15) is 0 Å². The molecule has 0 bridgehead atoms. The summed E-state index contributed by atoms with van der Waals surface area (Å²) in [7, 11) is 2.58. The molecule has 0 aliphatic rings. The molecule has 1 rings (SSSR count). The predicted molar refractivity (Wildman–Crippen MR) is 71.6 cm³/mol. The van der Waals surface area contributed by atoms with E-state index in [0.29, 0.717) is 12.8 Å². The maximum absolute atomic E-state index is 11.7. The topological polar surface area (TPSA) is 76.4 Å². The Balaban J connectivity index is 2.76. The van der Waals surface area contributed by atoms with Gasteiger partial charge in [0.15, 0.2) is 0 Å². The summed E-state index contributed by atoms with van der Waals surface area (Å²) < 4.78 is 9.28. The molecule has 0 radical (unpaired) electrons. The highest BCUT2D eigenvalue weighted by Crippen LogP contribution is 2.16. The minimum absolute atomic E-state index is 0.0108. The fourth-order valence-corrected chi connectivity index (χ4v) is 1.86. The Morgan fingerprint density at radius 2 is 1.75 bits per heavy atom. The van der Waals surface area contributed by atoms with Crippen molar-refractivity contribution in [2.45, 2.75) is 19.3 Å². The van der Waals surface area contributed by atoms with Crippen LogP contribution in [0.15, 0.2) is 24.3 Å². The van der Waals surface area contributed by atoms with Crippen LogP contribution in [0.2, 0.25) is 0 Å². The first-order valence-corrected chi connectivity index (χ1v) is 6.20. The van der Waals surface area contributed by atoms with Crippen molar-refractivity contribution in [2.75, 3.05) is 14.2 Å². The molecule has 0 aliphatic heterocycles. The fraction of sp³-hybridized carbons (Fsp3) is 0.400. The molecular weight excluding hydrogens is 258 g/mol. The zero-order valence-corrected chi connectivity index (χ0v) is 11.6. The van der Waals surface area contributed by atoms with Crippen LogP contribution in [0.5, 0.6) is 0 Å². The van der Waals surface area contributed by atoms with Gasteiger partial charge in [-0.2, -0.15) is 5.26 Å². The maximum atomic E-state index is 11.7. The van der Waals surface area contributed by atoms with Crippen molar-refractivity contribution in [2.24, 2.45) is 5.92 Å². The van der Waals surface area contributed by atoms with Gasteiger partial charge in [-0.15, -0.1) is 0 Å². The predicted octanol–water partition coefficient (Wildman–Crippen LogP) is 1.65. The van der Waals surface area contributed by atoms with Crippen molar-refractivity contribution in [3.8, 4) is 6.07 Å². The summed E-state index contributed by atoms with van der Waals surface area (Å²) in [6.07, 6.45) is 0.737. The van der Waals surface area contributed by atoms with Crippen LogP contribution in [0.4, 0.5) is 0 Å². The van der Waals surface area contributed by atoms with Crippen LogP contribution in [0.1, 0.15) is 17.5 Å². The zero-order valence-electron chi connectivity index (χ0n) is 11.6. The first-order chi connectivity index (χ1) is 9.60. The zero-order chi connectivity index (χ0) is 15.0. The van der Waals surface area contributed by atoms with Crippen LogP contribution in [0.3, 0.4) is 0 Å². The Bertz CT molecular complexity index is 502. The summed E-state index contributed by atoms with van der Waals surface area (Å²) in [5.74, 6) is -1.44. The molecule has 0 heterocycles. The number of esters is 2. The molecule has 1 aromatic carbocycles. The molecular formula is C15H17NO4. The molecule has 1 aromatic rings. The van der Waals surface area contributed by atoms with Gasteiger partial charge in [0.25, 0.3) is 0 Å². The number of methoxy groups -OCH3 is 2. The quantitative estimate of drug-likeness (QED) is 0.738. The van der Waals surface area contributed by atoms with Gasteiger partial charge in [0.05, 0.1) is 39.0 Å². The van der Waals surface area contributed by atoms with Crippen molar-refractivity contribution in [3.63, 3.8) is 0 Å². The van der Waals surface area contributed by atoms with Crippen molar-refractivity contribution in [3.05, 3.63) is 35.4 Å². The highest BCUT2D eigenvalue weighted by Gasteiger charge is 2.23. The van der Waals surface area contributed by atoms with Gasteiger partial charge in [-0.05, 0) is 17.5 Å². The summed E-state index contributed by atoms with van der Waals surface area (Å²) in [6.45, 7) is 0. The highest BCUT2D eigenvalue weighted by molar-refractivity contribution is 5.80. The number of nitriles is 1. The summed E-state index contributed by atoms with van der Waals surface area (Å²) in [5.41, 5.74) is 1.82. The third-order valence-electron chi connectivity index (χ3n) is 2.96. The highest BCUT2D eigenvalue weighted by atomic mass is 16.5. The Labute approximate surface area is 118 Å². The second kappa shape index (κ2) is 7.95. The van der Waals surface area contributed by atoms with Crippen molar-refractivity contribution in [1.29, 1.82) is 5.26 Å². The van der Waals surface area contributed by atoms with E-state index in [4.69, 9.17) is 10.00 Å². The van der Waals surface area contributed by atoms with Gasteiger partial charge in [-0.1, -0.05) is 24.3 Å². The second-order valence-electron chi connectivity index (χ2n) is 4.36. The number of rotatable bonds is 6. The van der Waals surface area contributed by atoms with E-state index in [1.165, 1.54) is 14.2 Å². The fourth-order valence-electron chi connectivity index (χ4n) is 1.86. The first-order valence-electron chi connectivity index (χ1n) is 6.20. The van der Waals surface area contributed by atoms with Gasteiger partial charge < -0.3 is 9.47 Å². The summed E-state index contributed by atoms with van der Waals surface area (Å²) >= 11 is 0. The normalized spacial score (nSPS) is 11.2. The lowest BCUT2D eigenvalue weighted by molar-refractivity contribution is -0.151. The average molecular weight is 275 g/mol. The van der Waals surface area contributed by atoms with Crippen LogP contribution < -0.4 is 0 Å². The summed E-state index contributed by atoms with van der Waals surface area (Å²) in [6, 6.07) is 9.44. The molecule has 1 unspecified atom stereocenters. The molecule has 0 aliphatic carbocycles. The lowest BCUT2D eigenvalue weighted by Crippen LogP contribution is -2.22. The van der Waals surface area contributed by atoms with Crippen LogP contribution in [-0.4, -0.2) is 26.2 Å². The van der Waals surface area contributed by atoms with E-state index in [-0.39, 0.29) is 6.42 Å². The number of carbonyl (C=O) groups excluding carboxylic acids is 2. The number of nitrogens with zero attached hydrogens (tertiary/aromatic N) is 1. The van der Waals surface area contributed by atoms with Gasteiger partial charge in [0.2, 0.25) is 0 Å². The van der Waals surface area contributed by atoms with Crippen molar-refractivity contribution >= 4 is 11.9 Å². The SMILES string of the molecule is COC(=O)CC(Cc1ccc(CC#N)cc1)C(=O)OC. The minimum atomic E-state index is -0.561. The molecule has 5 nitrogen and oxygen atoms in total. The monoisotopic (exact) mass is 275 g/mol. The number of carbonyl (C=O) groups is 2. The first kappa shape index (κ1) is 15.7. The van der Waals surface area contributed by atoms with Gasteiger partial charge in [0, 0.05) is 0 Å². The lowest BCUT2D eigenvalue weighted by Gasteiger charge is -2.13. The van der Waals surface area contributed by atoms with Crippen molar-refractivity contribution in [1.82, 2.24) is 0 Å². The Kier molecular flexibility index (Phi) is 6.24. The molecule has 0 fully saturated rings. The summed E-state index contributed by atoms with van der Waals surface area (Å²) in [4.78, 5) is 23.0. The molecule has 5 heteroatoms. The standard InChI is InChI=1S/C15H17NO4/c1-19-14(17)10-13(15(18)20-2)9-12-5-3-11(4-6-12)7-8-16/h3-6,13H,7,9-10H2,1-2H3. The van der Waals surface area contributed by atoms with Gasteiger partial charge in [-0.3, -0.25) is 9.59 Å². The molecule has 0 aromatic heterocycles. The largest absolute Gasteiger partial charge is 0.469 e. The van der Waals surface area contributed by atoms with E-state index in [0.717, 1.165) is 11.1 Å². The van der Waals surface area contributed by atoms with Crippen LogP contribution >= 0.6 is 0 Å². The molecule has 20 heavy (non-hydrogen) atoms. The second-order valence-corrected chi connectivity index (χ2v) is 4.36. The van der Waals surface area contributed by atoms with Crippen LogP contribution in [-0.2, 0) is 31.9 Å². The Morgan fingerprint density at radius 1 is 1.15 bits per heavy atom. The molecule has 0 spiro atoms. The molecule has 0 amide bonds. The maximum Gasteiger partial charge on any atom is 0.309 e. The number of benzene rings is 1. The van der Waals surface area contributed by atoms with Gasteiger partial charge >= 0.3 is 11.9 Å². The van der Waals surface area contributed by atoms with Crippen molar-refractivity contribution < 1.29 is 19.1 Å². The lowest BCUT2D eigenvalue weighted by atomic mass is 9.95. The Hall–Kier alpha value is -2.35. The number of hydrogen-bond acceptors (Lipinski definition) is 5. The Morgan fingerprint density at radius 3 is 2.25 bits per heavy atom. The third-order valence-corrected chi connectivity index (χ3v) is 2.96. The van der Waals surface area contributed by atoms with Crippen LogP contribution in [0, 0.1) is 17.2 Å². The number of hydrogen-bond donors (Lipinski definition) is 0. The molecule has 0 N–H and O–H groups in total. The minimum Gasteiger partial charge on any atom is -0.469 e. The van der Waals surface area contributed by atoms with Gasteiger partial charge in [-0.25, -0.2) is 0 Å². The number of ether oxygens (including phenoxy) is 2. The smallest absolute Gasteiger partial charge is 0.309 e.